The van der Waals surface area contributed by atoms with Gasteiger partial charge in [-0.2, -0.15) is 5.26 Å². The van der Waals surface area contributed by atoms with Gasteiger partial charge in [-0.05, 0) is 23.3 Å². The van der Waals surface area contributed by atoms with Crippen molar-refractivity contribution < 1.29 is 9.59 Å². The van der Waals surface area contributed by atoms with Crippen LogP contribution >= 0.6 is 0 Å². The lowest BCUT2D eigenvalue weighted by molar-refractivity contribution is -0.125. The predicted octanol–water partition coefficient (Wildman–Crippen LogP) is 3.27. The van der Waals surface area contributed by atoms with Crippen LogP contribution in [0.15, 0.2) is 73.3 Å². The van der Waals surface area contributed by atoms with Crippen molar-refractivity contribution in [1.82, 2.24) is 14.9 Å². The molecule has 2 amide bonds. The predicted molar refractivity (Wildman–Crippen MR) is 118 cm³/mol. The van der Waals surface area contributed by atoms with Gasteiger partial charge in [-0.25, -0.2) is 4.98 Å². The Kier molecular flexibility index (Phi) is 7.95. The third-order valence-corrected chi connectivity index (χ3v) is 4.79. The van der Waals surface area contributed by atoms with Crippen LogP contribution in [0.1, 0.15) is 30.4 Å². The molecule has 158 valence electrons. The van der Waals surface area contributed by atoms with Crippen molar-refractivity contribution in [2.45, 2.75) is 32.4 Å². The molecule has 0 radical (unpaired) electrons. The summed E-state index contributed by atoms with van der Waals surface area (Å²) in [5, 5.41) is 11.8. The van der Waals surface area contributed by atoms with Crippen LogP contribution in [-0.4, -0.2) is 27.9 Å². The largest absolute Gasteiger partial charge is 0.352 e. The number of para-hydroxylation sites is 1. The number of aromatic nitrogens is 2. The van der Waals surface area contributed by atoms with Gasteiger partial charge in [0, 0.05) is 50.6 Å². The summed E-state index contributed by atoms with van der Waals surface area (Å²) < 4.78 is 1.98. The Hall–Kier alpha value is -3.92. The molecule has 0 aliphatic carbocycles. The summed E-state index contributed by atoms with van der Waals surface area (Å²) in [4.78, 5) is 30.5. The molecule has 2 aromatic carbocycles. The van der Waals surface area contributed by atoms with E-state index in [2.05, 4.69) is 16.4 Å². The Morgan fingerprint density at radius 1 is 1.06 bits per heavy atom. The number of hydrogen-bond donors (Lipinski definition) is 1. The van der Waals surface area contributed by atoms with Gasteiger partial charge >= 0.3 is 0 Å². The van der Waals surface area contributed by atoms with E-state index in [9.17, 15) is 9.59 Å². The highest BCUT2D eigenvalue weighted by atomic mass is 16.2. The maximum absolute atomic E-state index is 12.7. The molecule has 0 bridgehead atoms. The van der Waals surface area contributed by atoms with Gasteiger partial charge in [-0.1, -0.05) is 42.5 Å². The minimum Gasteiger partial charge on any atom is -0.352 e. The Balaban J connectivity index is 1.49. The van der Waals surface area contributed by atoms with Gasteiger partial charge in [-0.15, -0.1) is 0 Å². The van der Waals surface area contributed by atoms with Crippen LogP contribution in [0.3, 0.4) is 0 Å². The number of nitrogens with one attached hydrogen (secondary N) is 1. The Morgan fingerprint density at radius 3 is 2.61 bits per heavy atom. The van der Waals surface area contributed by atoms with Gasteiger partial charge in [0.2, 0.25) is 11.8 Å². The molecule has 0 spiro atoms. The molecule has 3 aromatic rings. The summed E-state index contributed by atoms with van der Waals surface area (Å²) >= 11 is 0. The number of anilines is 1. The van der Waals surface area contributed by atoms with Crippen LogP contribution < -0.4 is 10.2 Å². The molecule has 0 atom stereocenters. The van der Waals surface area contributed by atoms with Gasteiger partial charge in [-0.3, -0.25) is 9.59 Å². The van der Waals surface area contributed by atoms with E-state index in [4.69, 9.17) is 5.26 Å². The van der Waals surface area contributed by atoms with Crippen molar-refractivity contribution in [3.05, 3.63) is 84.4 Å². The quantitative estimate of drug-likeness (QED) is 0.550. The van der Waals surface area contributed by atoms with E-state index in [1.807, 2.05) is 65.4 Å². The van der Waals surface area contributed by atoms with Crippen molar-refractivity contribution in [3.8, 4) is 6.07 Å². The van der Waals surface area contributed by atoms with Crippen molar-refractivity contribution in [1.29, 1.82) is 5.26 Å². The van der Waals surface area contributed by atoms with Crippen molar-refractivity contribution in [2.75, 3.05) is 11.4 Å². The summed E-state index contributed by atoms with van der Waals surface area (Å²) in [5.74, 6) is -0.347. The van der Waals surface area contributed by atoms with E-state index in [1.165, 1.54) is 0 Å². The van der Waals surface area contributed by atoms with Gasteiger partial charge in [0.1, 0.15) is 0 Å². The van der Waals surface area contributed by atoms with E-state index in [1.54, 1.807) is 17.4 Å². The smallest absolute Gasteiger partial charge is 0.227 e. The highest BCUT2D eigenvalue weighted by Crippen LogP contribution is 2.15. The summed E-state index contributed by atoms with van der Waals surface area (Å²) in [5.41, 5.74) is 2.85. The number of amides is 2. The summed E-state index contributed by atoms with van der Waals surface area (Å²) in [6.07, 6.45) is 5.84. The standard InChI is InChI=1S/C24H25N5O2/c25-12-5-14-29(22-8-2-1-3-9-22)24(31)11-10-23(30)27-17-20-6-4-7-21(16-20)18-28-15-13-26-19-28/h1-4,6-9,13,15-16,19H,5,10-11,14,17-18H2,(H,27,30). The zero-order chi connectivity index (χ0) is 21.9. The minimum absolute atomic E-state index is 0.0901. The first-order chi connectivity index (χ1) is 15.2. The zero-order valence-electron chi connectivity index (χ0n) is 17.3. The average molecular weight is 415 g/mol. The molecular weight excluding hydrogens is 390 g/mol. The molecule has 1 N–H and O–H groups in total. The second kappa shape index (κ2) is 11.3. The lowest BCUT2D eigenvalue weighted by atomic mass is 10.1. The van der Waals surface area contributed by atoms with E-state index in [0.29, 0.717) is 19.6 Å². The third kappa shape index (κ3) is 6.82. The van der Waals surface area contributed by atoms with Gasteiger partial charge < -0.3 is 14.8 Å². The number of hydrogen-bond acceptors (Lipinski definition) is 4. The second-order valence-corrected chi connectivity index (χ2v) is 7.12. The van der Waals surface area contributed by atoms with Gasteiger partial charge in [0.25, 0.3) is 0 Å². The van der Waals surface area contributed by atoms with E-state index in [0.717, 1.165) is 16.8 Å². The first kappa shape index (κ1) is 21.8. The Morgan fingerprint density at radius 2 is 1.87 bits per heavy atom. The van der Waals surface area contributed by atoms with E-state index in [-0.39, 0.29) is 31.1 Å². The molecular formula is C24H25N5O2. The Bertz CT molecular complexity index is 1030. The molecule has 1 aromatic heterocycles. The highest BCUT2D eigenvalue weighted by Gasteiger charge is 2.16. The van der Waals surface area contributed by atoms with Gasteiger partial charge in [0.05, 0.1) is 18.8 Å². The Labute approximate surface area is 181 Å². The number of carbonyl (C=O) groups is 2. The number of imidazole rings is 1. The third-order valence-electron chi connectivity index (χ3n) is 4.79. The lowest BCUT2D eigenvalue weighted by Gasteiger charge is -2.21. The van der Waals surface area contributed by atoms with Crippen LogP contribution in [0, 0.1) is 11.3 Å². The van der Waals surface area contributed by atoms with E-state index >= 15 is 0 Å². The summed E-state index contributed by atoms with van der Waals surface area (Å²) in [6.45, 7) is 1.43. The molecule has 1 heterocycles. The van der Waals surface area contributed by atoms with Crippen LogP contribution in [0.2, 0.25) is 0 Å². The molecule has 7 heteroatoms. The van der Waals surface area contributed by atoms with E-state index < -0.39 is 0 Å². The SMILES string of the molecule is N#CCCN(C(=O)CCC(=O)NCc1cccc(Cn2ccnc2)c1)c1ccccc1. The fourth-order valence-electron chi connectivity index (χ4n) is 3.24. The number of nitrogens with zero attached hydrogens (tertiary/aromatic N) is 4. The molecule has 0 unspecified atom stereocenters. The summed E-state index contributed by atoms with van der Waals surface area (Å²) in [7, 11) is 0. The van der Waals surface area contributed by atoms with Crippen LogP contribution in [0.25, 0.3) is 0 Å². The first-order valence-electron chi connectivity index (χ1n) is 10.2. The maximum Gasteiger partial charge on any atom is 0.227 e. The molecule has 0 aliphatic rings. The van der Waals surface area contributed by atoms with Crippen LogP contribution in [0.5, 0.6) is 0 Å². The number of benzene rings is 2. The summed E-state index contributed by atoms with van der Waals surface area (Å²) in [6, 6.07) is 19.3. The lowest BCUT2D eigenvalue weighted by Crippen LogP contribution is -2.33. The number of rotatable bonds is 10. The van der Waals surface area contributed by atoms with Crippen LogP contribution in [-0.2, 0) is 22.7 Å². The molecule has 0 aliphatic heterocycles. The minimum atomic E-state index is -0.179. The average Bonchev–Trinajstić information content (AvgIpc) is 3.30. The highest BCUT2D eigenvalue weighted by molar-refractivity contribution is 5.95. The number of nitriles is 1. The topological polar surface area (TPSA) is 91.0 Å². The van der Waals surface area contributed by atoms with Gasteiger partial charge in [0.15, 0.2) is 0 Å². The fraction of sp³-hybridized carbons (Fsp3) is 0.250. The van der Waals surface area contributed by atoms with Crippen LogP contribution in [0.4, 0.5) is 5.69 Å². The zero-order valence-corrected chi connectivity index (χ0v) is 17.3. The molecule has 3 rings (SSSR count). The number of carbonyl (C=O) groups excluding carboxylic acids is 2. The van der Waals surface area contributed by atoms with Crippen molar-refractivity contribution >= 4 is 17.5 Å². The first-order valence-corrected chi connectivity index (χ1v) is 10.2. The molecule has 0 saturated heterocycles. The fourth-order valence-corrected chi connectivity index (χ4v) is 3.24. The molecule has 0 fully saturated rings. The van der Waals surface area contributed by atoms with Crippen molar-refractivity contribution in [3.63, 3.8) is 0 Å². The monoisotopic (exact) mass is 415 g/mol. The van der Waals surface area contributed by atoms with Crippen molar-refractivity contribution in [2.24, 2.45) is 0 Å². The molecule has 0 saturated carbocycles. The normalized spacial score (nSPS) is 10.3. The molecule has 31 heavy (non-hydrogen) atoms. The molecule has 7 nitrogen and oxygen atoms in total. The second-order valence-electron chi connectivity index (χ2n) is 7.12. The maximum atomic E-state index is 12.7.